The van der Waals surface area contributed by atoms with E-state index in [1.165, 1.54) is 0 Å². The summed E-state index contributed by atoms with van der Waals surface area (Å²) >= 11 is 0. The zero-order valence-electron chi connectivity index (χ0n) is 12.6. The van der Waals surface area contributed by atoms with Crippen molar-refractivity contribution < 1.29 is 9.90 Å². The molecule has 0 fully saturated rings. The van der Waals surface area contributed by atoms with Crippen LogP contribution in [0, 0.1) is 0 Å². The van der Waals surface area contributed by atoms with E-state index in [1.807, 2.05) is 24.3 Å². The van der Waals surface area contributed by atoms with Gasteiger partial charge in [0, 0.05) is 21.9 Å². The van der Waals surface area contributed by atoms with E-state index < -0.39 is 5.91 Å². The number of nitrogens with one attached hydrogen (secondary N) is 2. The molecule has 0 bridgehead atoms. The SMILES string of the molecule is NNC(=O)c1cc2c([nH]c3ccccc32)c(-c2ccccc2O)n1. The van der Waals surface area contributed by atoms with E-state index in [9.17, 15) is 9.90 Å². The number of hydrogen-bond donors (Lipinski definition) is 4. The zero-order valence-corrected chi connectivity index (χ0v) is 12.6. The normalized spacial score (nSPS) is 11.0. The molecule has 6 heteroatoms. The molecule has 1 amide bonds. The topological polar surface area (TPSA) is 104 Å². The summed E-state index contributed by atoms with van der Waals surface area (Å²) in [6.45, 7) is 0. The summed E-state index contributed by atoms with van der Waals surface area (Å²) in [7, 11) is 0. The van der Waals surface area contributed by atoms with Crippen molar-refractivity contribution in [2.75, 3.05) is 0 Å². The highest BCUT2D eigenvalue weighted by molar-refractivity contribution is 6.13. The Morgan fingerprint density at radius 2 is 1.83 bits per heavy atom. The van der Waals surface area contributed by atoms with Gasteiger partial charge in [-0.1, -0.05) is 30.3 Å². The van der Waals surface area contributed by atoms with Crippen LogP contribution < -0.4 is 11.3 Å². The number of H-pyrrole nitrogens is 1. The second kappa shape index (κ2) is 5.36. The first-order valence-electron chi connectivity index (χ1n) is 7.40. The molecule has 0 saturated carbocycles. The van der Waals surface area contributed by atoms with Crippen LogP contribution in [-0.4, -0.2) is 21.0 Å². The van der Waals surface area contributed by atoms with Crippen molar-refractivity contribution in [1.82, 2.24) is 15.4 Å². The summed E-state index contributed by atoms with van der Waals surface area (Å²) in [4.78, 5) is 19.7. The molecular formula is C18H14N4O2. The standard InChI is InChI=1S/C18H14N4O2/c19-22-18(24)14-9-12-10-5-1-3-7-13(10)20-17(12)16(21-14)11-6-2-4-8-15(11)23/h1-9,20,23H,19H2,(H,22,24). The number of aromatic hydroxyl groups is 1. The number of amides is 1. The summed E-state index contributed by atoms with van der Waals surface area (Å²) in [6.07, 6.45) is 0. The molecule has 24 heavy (non-hydrogen) atoms. The maximum Gasteiger partial charge on any atom is 0.283 e. The number of phenolic OH excluding ortho intramolecular Hbond substituents is 1. The van der Waals surface area contributed by atoms with Crippen LogP contribution in [0.1, 0.15) is 10.5 Å². The molecule has 2 aromatic carbocycles. The number of para-hydroxylation sites is 2. The number of nitrogen functional groups attached to an aromatic ring is 1. The van der Waals surface area contributed by atoms with Gasteiger partial charge in [0.1, 0.15) is 11.4 Å². The van der Waals surface area contributed by atoms with Crippen LogP contribution in [0.15, 0.2) is 54.6 Å². The van der Waals surface area contributed by atoms with Crippen LogP contribution in [0.2, 0.25) is 0 Å². The average Bonchev–Trinajstić information content (AvgIpc) is 2.99. The van der Waals surface area contributed by atoms with Crippen LogP contribution in [-0.2, 0) is 0 Å². The largest absolute Gasteiger partial charge is 0.507 e. The Bertz CT molecular complexity index is 1080. The van der Waals surface area contributed by atoms with E-state index in [2.05, 4.69) is 15.4 Å². The highest BCUT2D eigenvalue weighted by Gasteiger charge is 2.17. The summed E-state index contributed by atoms with van der Waals surface area (Å²) < 4.78 is 0. The summed E-state index contributed by atoms with van der Waals surface area (Å²) in [5.41, 5.74) is 5.02. The van der Waals surface area contributed by atoms with E-state index in [-0.39, 0.29) is 11.4 Å². The quantitative estimate of drug-likeness (QED) is 0.259. The number of nitrogens with two attached hydrogens (primary N) is 1. The van der Waals surface area contributed by atoms with E-state index >= 15 is 0 Å². The van der Waals surface area contributed by atoms with Gasteiger partial charge < -0.3 is 10.1 Å². The van der Waals surface area contributed by atoms with Crippen molar-refractivity contribution >= 4 is 27.7 Å². The molecule has 0 aliphatic carbocycles. The maximum atomic E-state index is 12.0. The van der Waals surface area contributed by atoms with E-state index in [0.717, 1.165) is 21.8 Å². The smallest absolute Gasteiger partial charge is 0.283 e. The number of benzene rings is 2. The number of aromatic amines is 1. The van der Waals surface area contributed by atoms with Crippen LogP contribution in [0.25, 0.3) is 33.1 Å². The van der Waals surface area contributed by atoms with Crippen molar-refractivity contribution in [2.45, 2.75) is 0 Å². The molecule has 4 aromatic rings. The van der Waals surface area contributed by atoms with Crippen LogP contribution >= 0.6 is 0 Å². The number of fused-ring (bicyclic) bond motifs is 3. The third-order valence-corrected chi connectivity index (χ3v) is 4.02. The van der Waals surface area contributed by atoms with Crippen molar-refractivity contribution in [3.8, 4) is 17.0 Å². The lowest BCUT2D eigenvalue weighted by Gasteiger charge is -2.08. The molecular weight excluding hydrogens is 304 g/mol. The number of phenols is 1. The predicted molar refractivity (Wildman–Crippen MR) is 92.4 cm³/mol. The number of pyridine rings is 1. The second-order valence-corrected chi connectivity index (χ2v) is 5.44. The lowest BCUT2D eigenvalue weighted by atomic mass is 10.1. The number of nitrogens with zero attached hydrogens (tertiary/aromatic N) is 1. The van der Waals surface area contributed by atoms with Crippen LogP contribution in [0.3, 0.4) is 0 Å². The van der Waals surface area contributed by atoms with E-state index in [4.69, 9.17) is 5.84 Å². The van der Waals surface area contributed by atoms with Gasteiger partial charge in [-0.25, -0.2) is 10.8 Å². The molecule has 2 heterocycles. The first-order chi connectivity index (χ1) is 11.7. The predicted octanol–water partition coefficient (Wildman–Crippen LogP) is 2.69. The van der Waals surface area contributed by atoms with Gasteiger partial charge in [0.05, 0.1) is 11.2 Å². The number of rotatable bonds is 2. The van der Waals surface area contributed by atoms with Gasteiger partial charge in [0.15, 0.2) is 0 Å². The van der Waals surface area contributed by atoms with Crippen molar-refractivity contribution in [1.29, 1.82) is 0 Å². The fourth-order valence-electron chi connectivity index (χ4n) is 2.90. The van der Waals surface area contributed by atoms with Gasteiger partial charge in [-0.05, 0) is 24.3 Å². The fourth-order valence-corrected chi connectivity index (χ4v) is 2.90. The first-order valence-corrected chi connectivity index (χ1v) is 7.40. The third-order valence-electron chi connectivity index (χ3n) is 4.02. The number of carbonyl (C=O) groups is 1. The number of hydrogen-bond acceptors (Lipinski definition) is 4. The van der Waals surface area contributed by atoms with Gasteiger partial charge in [0.25, 0.3) is 5.91 Å². The monoisotopic (exact) mass is 318 g/mol. The maximum absolute atomic E-state index is 12.0. The van der Waals surface area contributed by atoms with E-state index in [0.29, 0.717) is 11.3 Å². The molecule has 0 aliphatic rings. The van der Waals surface area contributed by atoms with Crippen LogP contribution in [0.4, 0.5) is 0 Å². The Labute approximate surface area is 136 Å². The Morgan fingerprint density at radius 3 is 2.62 bits per heavy atom. The molecule has 0 radical (unpaired) electrons. The average molecular weight is 318 g/mol. The Kier molecular flexibility index (Phi) is 3.18. The summed E-state index contributed by atoms with van der Waals surface area (Å²) in [5, 5.41) is 12.0. The molecule has 5 N–H and O–H groups in total. The fraction of sp³-hybridized carbons (Fsp3) is 0. The molecule has 6 nitrogen and oxygen atoms in total. The van der Waals surface area contributed by atoms with Crippen LogP contribution in [0.5, 0.6) is 5.75 Å². The molecule has 0 aliphatic heterocycles. The molecule has 0 unspecified atom stereocenters. The highest BCUT2D eigenvalue weighted by Crippen LogP contribution is 2.35. The zero-order chi connectivity index (χ0) is 16.7. The van der Waals surface area contributed by atoms with E-state index in [1.54, 1.807) is 30.3 Å². The van der Waals surface area contributed by atoms with Gasteiger partial charge in [0.2, 0.25) is 0 Å². The molecule has 0 saturated heterocycles. The molecule has 2 aromatic heterocycles. The molecule has 4 rings (SSSR count). The number of carbonyl (C=O) groups excluding carboxylic acids is 1. The van der Waals surface area contributed by atoms with Crippen molar-refractivity contribution in [2.24, 2.45) is 5.84 Å². The van der Waals surface area contributed by atoms with Crippen molar-refractivity contribution in [3.05, 3.63) is 60.3 Å². The molecule has 0 spiro atoms. The van der Waals surface area contributed by atoms with Crippen molar-refractivity contribution in [3.63, 3.8) is 0 Å². The third kappa shape index (κ3) is 2.09. The Balaban J connectivity index is 2.14. The minimum absolute atomic E-state index is 0.0928. The molecule has 0 atom stereocenters. The Hall–Kier alpha value is -3.38. The highest BCUT2D eigenvalue weighted by atomic mass is 16.3. The first kappa shape index (κ1) is 14.2. The van der Waals surface area contributed by atoms with Gasteiger partial charge >= 0.3 is 0 Å². The Morgan fingerprint density at radius 1 is 1.08 bits per heavy atom. The minimum atomic E-state index is -0.487. The number of aromatic nitrogens is 2. The van der Waals surface area contributed by atoms with Gasteiger partial charge in [-0.2, -0.15) is 0 Å². The second-order valence-electron chi connectivity index (χ2n) is 5.44. The summed E-state index contributed by atoms with van der Waals surface area (Å²) in [6, 6.07) is 16.3. The number of hydrazine groups is 1. The van der Waals surface area contributed by atoms with Gasteiger partial charge in [-0.15, -0.1) is 0 Å². The summed E-state index contributed by atoms with van der Waals surface area (Å²) in [5.74, 6) is 4.86. The lowest BCUT2D eigenvalue weighted by Crippen LogP contribution is -2.30. The van der Waals surface area contributed by atoms with Gasteiger partial charge in [-0.3, -0.25) is 10.2 Å². The lowest BCUT2D eigenvalue weighted by molar-refractivity contribution is 0.0949. The minimum Gasteiger partial charge on any atom is -0.507 e. The molecule has 118 valence electrons.